The quantitative estimate of drug-likeness (QED) is 0.618. The average Bonchev–Trinajstić information content (AvgIpc) is 2.82. The lowest BCUT2D eigenvalue weighted by Crippen LogP contribution is -2.38. The Hall–Kier alpha value is -0.770. The SMILES string of the molecule is O=C(NCC[C@H]1CCCN1)NC1CC1. The third-order valence-corrected chi connectivity index (χ3v) is 2.85. The first kappa shape index (κ1) is 9.77. The van der Waals surface area contributed by atoms with Gasteiger partial charge in [-0.1, -0.05) is 0 Å². The molecular weight excluding hydrogens is 178 g/mol. The first-order chi connectivity index (χ1) is 6.84. The maximum Gasteiger partial charge on any atom is 0.315 e. The molecule has 3 N–H and O–H groups in total. The summed E-state index contributed by atoms with van der Waals surface area (Å²) in [7, 11) is 0. The van der Waals surface area contributed by atoms with Gasteiger partial charge in [0.25, 0.3) is 0 Å². The third kappa shape index (κ3) is 3.18. The number of hydrogen-bond donors (Lipinski definition) is 3. The summed E-state index contributed by atoms with van der Waals surface area (Å²) in [6, 6.07) is 1.08. The van der Waals surface area contributed by atoms with Crippen molar-refractivity contribution in [3.05, 3.63) is 0 Å². The summed E-state index contributed by atoms with van der Waals surface area (Å²) in [5.41, 5.74) is 0. The van der Waals surface area contributed by atoms with E-state index in [4.69, 9.17) is 0 Å². The lowest BCUT2D eigenvalue weighted by atomic mass is 10.1. The molecule has 1 saturated heterocycles. The summed E-state index contributed by atoms with van der Waals surface area (Å²) in [6.07, 6.45) is 5.89. The predicted octanol–water partition coefficient (Wildman–Crippen LogP) is 0.590. The molecule has 0 radical (unpaired) electrons. The number of urea groups is 1. The van der Waals surface area contributed by atoms with Crippen LogP contribution in [0.4, 0.5) is 4.79 Å². The predicted molar refractivity (Wildman–Crippen MR) is 55.2 cm³/mol. The van der Waals surface area contributed by atoms with Crippen molar-refractivity contribution in [1.82, 2.24) is 16.0 Å². The van der Waals surface area contributed by atoms with Gasteiger partial charge in [-0.15, -0.1) is 0 Å². The Bertz CT molecular complexity index is 198. The summed E-state index contributed by atoms with van der Waals surface area (Å²) in [6.45, 7) is 1.93. The summed E-state index contributed by atoms with van der Waals surface area (Å²) < 4.78 is 0. The molecule has 2 fully saturated rings. The Morgan fingerprint density at radius 3 is 2.86 bits per heavy atom. The van der Waals surface area contributed by atoms with Gasteiger partial charge in [0, 0.05) is 18.6 Å². The molecule has 80 valence electrons. The smallest absolute Gasteiger partial charge is 0.315 e. The molecule has 2 rings (SSSR count). The van der Waals surface area contributed by atoms with Crippen LogP contribution in [0.5, 0.6) is 0 Å². The second-order valence-electron chi connectivity index (χ2n) is 4.26. The van der Waals surface area contributed by atoms with Crippen molar-refractivity contribution in [2.75, 3.05) is 13.1 Å². The van der Waals surface area contributed by atoms with E-state index in [1.165, 1.54) is 12.8 Å². The minimum Gasteiger partial charge on any atom is -0.338 e. The van der Waals surface area contributed by atoms with Crippen LogP contribution in [0.2, 0.25) is 0 Å². The van der Waals surface area contributed by atoms with E-state index in [-0.39, 0.29) is 6.03 Å². The molecule has 0 bridgehead atoms. The third-order valence-electron chi connectivity index (χ3n) is 2.85. The Labute approximate surface area is 84.8 Å². The van der Waals surface area contributed by atoms with Gasteiger partial charge in [-0.05, 0) is 38.6 Å². The lowest BCUT2D eigenvalue weighted by molar-refractivity contribution is 0.240. The number of nitrogens with one attached hydrogen (secondary N) is 3. The monoisotopic (exact) mass is 197 g/mol. The molecule has 0 aromatic carbocycles. The first-order valence-corrected chi connectivity index (χ1v) is 5.62. The van der Waals surface area contributed by atoms with Crippen LogP contribution in [0.1, 0.15) is 32.1 Å². The van der Waals surface area contributed by atoms with Crippen LogP contribution in [-0.4, -0.2) is 31.2 Å². The standard InChI is InChI=1S/C10H19N3O/c14-10(13-9-3-4-9)12-7-5-8-2-1-6-11-8/h8-9,11H,1-7H2,(H2,12,13,14)/t8-/m1/s1. The molecule has 0 aromatic rings. The van der Waals surface area contributed by atoms with E-state index in [0.717, 1.165) is 32.4 Å². The van der Waals surface area contributed by atoms with Gasteiger partial charge in [-0.25, -0.2) is 4.79 Å². The molecule has 0 aromatic heterocycles. The number of carbonyl (C=O) groups is 1. The largest absolute Gasteiger partial charge is 0.338 e. The topological polar surface area (TPSA) is 53.2 Å². The molecule has 1 aliphatic heterocycles. The number of amides is 2. The fraction of sp³-hybridized carbons (Fsp3) is 0.900. The Morgan fingerprint density at radius 2 is 2.21 bits per heavy atom. The highest BCUT2D eigenvalue weighted by Crippen LogP contribution is 2.18. The van der Waals surface area contributed by atoms with Crippen LogP contribution in [0.15, 0.2) is 0 Å². The molecular formula is C10H19N3O. The van der Waals surface area contributed by atoms with Crippen LogP contribution in [-0.2, 0) is 0 Å². The second kappa shape index (κ2) is 4.64. The van der Waals surface area contributed by atoms with E-state index in [1.807, 2.05) is 0 Å². The minimum atomic E-state index is 0.00509. The Balaban J connectivity index is 1.50. The molecule has 1 aliphatic carbocycles. The van der Waals surface area contributed by atoms with Gasteiger partial charge < -0.3 is 16.0 Å². The van der Waals surface area contributed by atoms with Crippen molar-refractivity contribution in [3.63, 3.8) is 0 Å². The van der Waals surface area contributed by atoms with E-state index in [2.05, 4.69) is 16.0 Å². The van der Waals surface area contributed by atoms with E-state index in [9.17, 15) is 4.79 Å². The zero-order chi connectivity index (χ0) is 9.80. The van der Waals surface area contributed by atoms with Crippen molar-refractivity contribution in [2.24, 2.45) is 0 Å². The Kier molecular flexibility index (Phi) is 3.24. The van der Waals surface area contributed by atoms with Gasteiger partial charge in [-0.2, -0.15) is 0 Å². The van der Waals surface area contributed by atoms with Gasteiger partial charge in [0.15, 0.2) is 0 Å². The summed E-state index contributed by atoms with van der Waals surface area (Å²) in [4.78, 5) is 11.2. The summed E-state index contributed by atoms with van der Waals surface area (Å²) in [5, 5.41) is 9.21. The van der Waals surface area contributed by atoms with Crippen molar-refractivity contribution < 1.29 is 4.79 Å². The first-order valence-electron chi connectivity index (χ1n) is 5.62. The molecule has 4 heteroatoms. The zero-order valence-corrected chi connectivity index (χ0v) is 8.51. The van der Waals surface area contributed by atoms with Crippen LogP contribution >= 0.6 is 0 Å². The van der Waals surface area contributed by atoms with Crippen molar-refractivity contribution in [2.45, 2.75) is 44.2 Å². The highest BCUT2D eigenvalue weighted by molar-refractivity contribution is 5.74. The average molecular weight is 197 g/mol. The second-order valence-corrected chi connectivity index (χ2v) is 4.26. The van der Waals surface area contributed by atoms with Crippen LogP contribution in [0.3, 0.4) is 0 Å². The van der Waals surface area contributed by atoms with Gasteiger partial charge >= 0.3 is 6.03 Å². The fourth-order valence-corrected chi connectivity index (χ4v) is 1.83. The van der Waals surface area contributed by atoms with Gasteiger partial charge in [0.2, 0.25) is 0 Å². The number of rotatable bonds is 4. The maximum absolute atomic E-state index is 11.2. The van der Waals surface area contributed by atoms with Crippen molar-refractivity contribution in [3.8, 4) is 0 Å². The number of carbonyl (C=O) groups excluding carboxylic acids is 1. The summed E-state index contributed by atoms with van der Waals surface area (Å²) >= 11 is 0. The molecule has 4 nitrogen and oxygen atoms in total. The van der Waals surface area contributed by atoms with Crippen LogP contribution in [0.25, 0.3) is 0 Å². The molecule has 2 amide bonds. The van der Waals surface area contributed by atoms with Gasteiger partial charge in [0.1, 0.15) is 0 Å². The highest BCUT2D eigenvalue weighted by atomic mass is 16.2. The van der Waals surface area contributed by atoms with E-state index < -0.39 is 0 Å². The molecule has 2 aliphatic rings. The molecule has 14 heavy (non-hydrogen) atoms. The molecule has 0 unspecified atom stereocenters. The Morgan fingerprint density at radius 1 is 1.36 bits per heavy atom. The molecule has 1 saturated carbocycles. The minimum absolute atomic E-state index is 0.00509. The fourth-order valence-electron chi connectivity index (χ4n) is 1.83. The highest BCUT2D eigenvalue weighted by Gasteiger charge is 2.23. The zero-order valence-electron chi connectivity index (χ0n) is 8.51. The maximum atomic E-state index is 11.2. The van der Waals surface area contributed by atoms with Crippen LogP contribution < -0.4 is 16.0 Å². The normalized spacial score (nSPS) is 26.1. The van der Waals surface area contributed by atoms with E-state index in [1.54, 1.807) is 0 Å². The van der Waals surface area contributed by atoms with Crippen molar-refractivity contribution in [1.29, 1.82) is 0 Å². The lowest BCUT2D eigenvalue weighted by Gasteiger charge is -2.11. The van der Waals surface area contributed by atoms with Crippen molar-refractivity contribution >= 4 is 6.03 Å². The summed E-state index contributed by atoms with van der Waals surface area (Å²) in [5.74, 6) is 0. The number of hydrogen-bond acceptors (Lipinski definition) is 2. The van der Waals surface area contributed by atoms with E-state index >= 15 is 0 Å². The van der Waals surface area contributed by atoms with E-state index in [0.29, 0.717) is 12.1 Å². The van der Waals surface area contributed by atoms with Gasteiger partial charge in [-0.3, -0.25) is 0 Å². The van der Waals surface area contributed by atoms with Gasteiger partial charge in [0.05, 0.1) is 0 Å². The van der Waals surface area contributed by atoms with Crippen LogP contribution in [0, 0.1) is 0 Å². The molecule has 1 atom stereocenters. The molecule has 0 spiro atoms. The molecule has 1 heterocycles.